The SMILES string of the molecule is CC1(c2nc(-c3ccncc3)no2)CCCCN1. The van der Waals surface area contributed by atoms with Crippen molar-refractivity contribution in [2.45, 2.75) is 31.7 Å². The molecule has 5 heteroatoms. The van der Waals surface area contributed by atoms with Crippen LogP contribution in [0.5, 0.6) is 0 Å². The van der Waals surface area contributed by atoms with Gasteiger partial charge in [0.05, 0.1) is 5.54 Å². The lowest BCUT2D eigenvalue weighted by Crippen LogP contribution is -2.43. The smallest absolute Gasteiger partial charge is 0.246 e. The van der Waals surface area contributed by atoms with Crippen LogP contribution in [-0.2, 0) is 5.54 Å². The molecule has 1 fully saturated rings. The van der Waals surface area contributed by atoms with Gasteiger partial charge in [-0.3, -0.25) is 4.98 Å². The molecule has 3 heterocycles. The van der Waals surface area contributed by atoms with E-state index in [1.54, 1.807) is 12.4 Å². The van der Waals surface area contributed by atoms with Crippen molar-refractivity contribution in [1.82, 2.24) is 20.4 Å². The zero-order valence-electron chi connectivity index (χ0n) is 10.4. The molecule has 0 aromatic carbocycles. The maximum Gasteiger partial charge on any atom is 0.246 e. The van der Waals surface area contributed by atoms with E-state index in [0.717, 1.165) is 18.5 Å². The van der Waals surface area contributed by atoms with Crippen molar-refractivity contribution in [3.63, 3.8) is 0 Å². The second kappa shape index (κ2) is 4.49. The van der Waals surface area contributed by atoms with Crippen LogP contribution in [0.4, 0.5) is 0 Å². The van der Waals surface area contributed by atoms with Crippen LogP contribution in [-0.4, -0.2) is 21.7 Å². The van der Waals surface area contributed by atoms with Crippen LogP contribution in [0, 0.1) is 0 Å². The predicted molar refractivity (Wildman–Crippen MR) is 66.7 cm³/mol. The molecule has 18 heavy (non-hydrogen) atoms. The molecule has 0 saturated carbocycles. The average Bonchev–Trinajstić information content (AvgIpc) is 2.91. The predicted octanol–water partition coefficient (Wildman–Crippen LogP) is 2.12. The number of piperidine rings is 1. The Balaban J connectivity index is 1.89. The average molecular weight is 244 g/mol. The highest BCUT2D eigenvalue weighted by molar-refractivity contribution is 5.52. The maximum absolute atomic E-state index is 5.42. The molecule has 3 rings (SSSR count). The number of hydrogen-bond acceptors (Lipinski definition) is 5. The van der Waals surface area contributed by atoms with Crippen molar-refractivity contribution in [1.29, 1.82) is 0 Å². The van der Waals surface area contributed by atoms with Gasteiger partial charge < -0.3 is 9.84 Å². The minimum absolute atomic E-state index is 0.184. The van der Waals surface area contributed by atoms with Crippen LogP contribution in [0.15, 0.2) is 29.0 Å². The molecule has 0 aliphatic carbocycles. The molecule has 94 valence electrons. The van der Waals surface area contributed by atoms with Crippen LogP contribution < -0.4 is 5.32 Å². The van der Waals surface area contributed by atoms with E-state index in [-0.39, 0.29) is 5.54 Å². The van der Waals surface area contributed by atoms with Crippen LogP contribution in [0.2, 0.25) is 0 Å². The summed E-state index contributed by atoms with van der Waals surface area (Å²) < 4.78 is 5.42. The molecule has 1 aliphatic rings. The van der Waals surface area contributed by atoms with Gasteiger partial charge in [0.15, 0.2) is 0 Å². The van der Waals surface area contributed by atoms with Gasteiger partial charge >= 0.3 is 0 Å². The molecule has 1 aliphatic heterocycles. The van der Waals surface area contributed by atoms with Crippen LogP contribution in [0.1, 0.15) is 32.1 Å². The van der Waals surface area contributed by atoms with Gasteiger partial charge in [-0.15, -0.1) is 0 Å². The standard InChI is InChI=1S/C13H16N4O/c1-13(6-2-3-7-15-13)12-16-11(17-18-12)10-4-8-14-9-5-10/h4-5,8-9,15H,2-3,6-7H2,1H3. The van der Waals surface area contributed by atoms with Crippen LogP contribution in [0.3, 0.4) is 0 Å². The molecule has 1 unspecified atom stereocenters. The lowest BCUT2D eigenvalue weighted by molar-refractivity contribution is 0.207. The van der Waals surface area contributed by atoms with Crippen molar-refractivity contribution < 1.29 is 4.52 Å². The van der Waals surface area contributed by atoms with E-state index < -0.39 is 0 Å². The van der Waals surface area contributed by atoms with Crippen molar-refractivity contribution in [2.75, 3.05) is 6.54 Å². The van der Waals surface area contributed by atoms with E-state index in [1.165, 1.54) is 12.8 Å². The third-order valence-electron chi connectivity index (χ3n) is 3.46. The van der Waals surface area contributed by atoms with Crippen LogP contribution in [0.25, 0.3) is 11.4 Å². The lowest BCUT2D eigenvalue weighted by Gasteiger charge is -2.31. The minimum atomic E-state index is -0.184. The van der Waals surface area contributed by atoms with Gasteiger partial charge in [0, 0.05) is 18.0 Å². The van der Waals surface area contributed by atoms with Gasteiger partial charge in [0.1, 0.15) is 0 Å². The largest absolute Gasteiger partial charge is 0.337 e. The second-order valence-corrected chi connectivity index (χ2v) is 4.88. The summed E-state index contributed by atoms with van der Waals surface area (Å²) in [4.78, 5) is 8.49. The third kappa shape index (κ3) is 2.01. The molecule has 1 atom stereocenters. The van der Waals surface area contributed by atoms with Gasteiger partial charge in [0.25, 0.3) is 0 Å². The highest BCUT2D eigenvalue weighted by Crippen LogP contribution is 2.29. The maximum atomic E-state index is 5.42. The quantitative estimate of drug-likeness (QED) is 0.876. The Morgan fingerprint density at radius 3 is 2.83 bits per heavy atom. The van der Waals surface area contributed by atoms with Gasteiger partial charge in [-0.25, -0.2) is 0 Å². The number of aromatic nitrogens is 3. The molecular formula is C13H16N4O. The van der Waals surface area contributed by atoms with E-state index in [0.29, 0.717) is 11.7 Å². The Labute approximate surface area is 106 Å². The molecule has 0 spiro atoms. The fourth-order valence-corrected chi connectivity index (χ4v) is 2.30. The summed E-state index contributed by atoms with van der Waals surface area (Å²) in [5, 5.41) is 7.52. The summed E-state index contributed by atoms with van der Waals surface area (Å²) in [7, 11) is 0. The first-order valence-corrected chi connectivity index (χ1v) is 6.28. The molecule has 1 N–H and O–H groups in total. The normalized spacial score (nSPS) is 24.1. The Morgan fingerprint density at radius 2 is 2.11 bits per heavy atom. The molecule has 2 aromatic heterocycles. The summed E-state index contributed by atoms with van der Waals surface area (Å²) >= 11 is 0. The van der Waals surface area contributed by atoms with Gasteiger partial charge in [-0.05, 0) is 44.9 Å². The number of pyridine rings is 1. The molecule has 0 bridgehead atoms. The lowest BCUT2D eigenvalue weighted by atomic mass is 9.91. The van der Waals surface area contributed by atoms with Crippen molar-refractivity contribution in [3.05, 3.63) is 30.4 Å². The van der Waals surface area contributed by atoms with Crippen molar-refractivity contribution >= 4 is 0 Å². The fraction of sp³-hybridized carbons (Fsp3) is 0.462. The zero-order chi connectivity index (χ0) is 12.4. The highest BCUT2D eigenvalue weighted by atomic mass is 16.5. The first kappa shape index (κ1) is 11.3. The Hall–Kier alpha value is -1.75. The molecule has 5 nitrogen and oxygen atoms in total. The summed E-state index contributed by atoms with van der Waals surface area (Å²) in [6.07, 6.45) is 6.89. The number of nitrogens with zero attached hydrogens (tertiary/aromatic N) is 3. The number of hydrogen-bond donors (Lipinski definition) is 1. The first-order chi connectivity index (χ1) is 8.78. The van der Waals surface area contributed by atoms with Gasteiger partial charge in [-0.1, -0.05) is 5.16 Å². The van der Waals surface area contributed by atoms with E-state index in [2.05, 4.69) is 27.4 Å². The fourth-order valence-electron chi connectivity index (χ4n) is 2.30. The monoisotopic (exact) mass is 244 g/mol. The molecule has 2 aromatic rings. The van der Waals surface area contributed by atoms with E-state index in [4.69, 9.17) is 4.52 Å². The second-order valence-electron chi connectivity index (χ2n) is 4.88. The molecular weight excluding hydrogens is 228 g/mol. The number of nitrogens with one attached hydrogen (secondary N) is 1. The Kier molecular flexibility index (Phi) is 2.83. The van der Waals surface area contributed by atoms with Crippen molar-refractivity contribution in [2.24, 2.45) is 0 Å². The first-order valence-electron chi connectivity index (χ1n) is 6.28. The van der Waals surface area contributed by atoms with Gasteiger partial charge in [0.2, 0.25) is 11.7 Å². The van der Waals surface area contributed by atoms with Crippen LogP contribution >= 0.6 is 0 Å². The van der Waals surface area contributed by atoms with Crippen molar-refractivity contribution in [3.8, 4) is 11.4 Å². The van der Waals surface area contributed by atoms with E-state index in [9.17, 15) is 0 Å². The Morgan fingerprint density at radius 1 is 1.28 bits per heavy atom. The molecule has 0 amide bonds. The molecule has 1 saturated heterocycles. The Bertz CT molecular complexity index is 517. The summed E-state index contributed by atoms with van der Waals surface area (Å²) in [5.41, 5.74) is 0.746. The summed E-state index contributed by atoms with van der Waals surface area (Å²) in [6.45, 7) is 3.12. The summed E-state index contributed by atoms with van der Waals surface area (Å²) in [6, 6.07) is 3.76. The molecule has 0 radical (unpaired) electrons. The summed E-state index contributed by atoms with van der Waals surface area (Å²) in [5.74, 6) is 1.30. The van der Waals surface area contributed by atoms with Gasteiger partial charge in [-0.2, -0.15) is 4.98 Å². The number of rotatable bonds is 2. The zero-order valence-corrected chi connectivity index (χ0v) is 10.4. The van der Waals surface area contributed by atoms with E-state index in [1.807, 2.05) is 12.1 Å². The topological polar surface area (TPSA) is 63.8 Å². The highest BCUT2D eigenvalue weighted by Gasteiger charge is 2.34. The minimum Gasteiger partial charge on any atom is -0.337 e. The third-order valence-corrected chi connectivity index (χ3v) is 3.46. The van der Waals surface area contributed by atoms with E-state index >= 15 is 0 Å².